The molecule has 0 spiro atoms. The van der Waals surface area contributed by atoms with Gasteiger partial charge in [0.25, 0.3) is 0 Å². The summed E-state index contributed by atoms with van der Waals surface area (Å²) >= 11 is 0. The van der Waals surface area contributed by atoms with Crippen LogP contribution in [-0.2, 0) is 14.2 Å². The van der Waals surface area contributed by atoms with Crippen LogP contribution in [0.5, 0.6) is 0 Å². The van der Waals surface area contributed by atoms with Crippen molar-refractivity contribution in [2.45, 2.75) is 149 Å². The molecule has 3 saturated carbocycles. The number of nitrogens with two attached hydrogens (primary N) is 2. The standard InChI is InChI=1S/C37H65N3O4/c1-24(2)8-6-9-25(3)29-12-13-30-28-11-10-26-22-27(16-18-36(26,4)31(28)17-19-37(29,30)5)43-35(41)40-20-7-21-42-34-15-14-32(39)33(23-38)44-34/h10,24-25,27-34H,6-9,11-23,38-39H2,1-5H3,(H,40,41). The van der Waals surface area contributed by atoms with E-state index in [2.05, 4.69) is 46.0 Å². The fraction of sp³-hybridized carbons (Fsp3) is 0.919. The summed E-state index contributed by atoms with van der Waals surface area (Å²) in [5.74, 6) is 5.07. The number of amides is 1. The maximum atomic E-state index is 12.7. The number of alkyl carbamates (subject to hydrolysis) is 1. The predicted octanol–water partition coefficient (Wildman–Crippen LogP) is 7.32. The quantitative estimate of drug-likeness (QED) is 0.157. The monoisotopic (exact) mass is 615 g/mol. The lowest BCUT2D eigenvalue weighted by Crippen LogP contribution is -2.51. The van der Waals surface area contributed by atoms with Gasteiger partial charge in [-0.25, -0.2) is 4.79 Å². The molecule has 0 aromatic rings. The lowest BCUT2D eigenvalue weighted by Gasteiger charge is -2.58. The van der Waals surface area contributed by atoms with Gasteiger partial charge in [0, 0.05) is 25.6 Å². The molecule has 44 heavy (non-hydrogen) atoms. The lowest BCUT2D eigenvalue weighted by atomic mass is 9.47. The number of ether oxygens (including phenoxy) is 3. The first-order chi connectivity index (χ1) is 21.0. The maximum Gasteiger partial charge on any atom is 0.407 e. The number of allylic oxidation sites excluding steroid dienone is 1. The third-order valence-electron chi connectivity index (χ3n) is 13.2. The second kappa shape index (κ2) is 14.7. The van der Waals surface area contributed by atoms with Gasteiger partial charge in [0.05, 0.1) is 12.7 Å². The minimum Gasteiger partial charge on any atom is -0.446 e. The number of carbonyl (C=O) groups is 1. The normalized spacial score (nSPS) is 40.9. The van der Waals surface area contributed by atoms with E-state index in [1.807, 2.05) is 0 Å². The second-order valence-corrected chi connectivity index (χ2v) is 16.3. The molecule has 11 unspecified atom stereocenters. The summed E-state index contributed by atoms with van der Waals surface area (Å²) in [7, 11) is 0. The van der Waals surface area contributed by atoms with Crippen molar-refractivity contribution >= 4 is 6.09 Å². The zero-order valence-corrected chi connectivity index (χ0v) is 28.7. The van der Waals surface area contributed by atoms with Gasteiger partial charge in [-0.05, 0) is 111 Å². The number of hydrogen-bond acceptors (Lipinski definition) is 6. The Bertz CT molecular complexity index is 988. The molecule has 5 rings (SSSR count). The largest absolute Gasteiger partial charge is 0.446 e. The van der Waals surface area contributed by atoms with Gasteiger partial charge in [0.1, 0.15) is 6.10 Å². The molecule has 0 bridgehead atoms. The molecule has 5 N–H and O–H groups in total. The Morgan fingerprint density at radius 3 is 2.64 bits per heavy atom. The van der Waals surface area contributed by atoms with E-state index in [0.29, 0.717) is 31.5 Å². The Balaban J connectivity index is 1.07. The molecule has 252 valence electrons. The van der Waals surface area contributed by atoms with Gasteiger partial charge in [0.2, 0.25) is 0 Å². The summed E-state index contributed by atoms with van der Waals surface area (Å²) in [5, 5.41) is 2.94. The molecule has 0 aromatic carbocycles. The predicted molar refractivity (Wildman–Crippen MR) is 177 cm³/mol. The molecule has 11 atom stereocenters. The molecule has 0 aromatic heterocycles. The number of nitrogens with one attached hydrogen (secondary N) is 1. The molecule has 7 heteroatoms. The first-order valence-corrected chi connectivity index (χ1v) is 18.4. The first kappa shape index (κ1) is 34.2. The lowest BCUT2D eigenvalue weighted by molar-refractivity contribution is -0.195. The average molecular weight is 616 g/mol. The highest BCUT2D eigenvalue weighted by atomic mass is 16.7. The molecular weight excluding hydrogens is 550 g/mol. The van der Waals surface area contributed by atoms with Crippen molar-refractivity contribution in [3.05, 3.63) is 11.6 Å². The van der Waals surface area contributed by atoms with Crippen molar-refractivity contribution < 1.29 is 19.0 Å². The fourth-order valence-electron chi connectivity index (χ4n) is 10.7. The minimum atomic E-state index is -0.302. The van der Waals surface area contributed by atoms with Crippen LogP contribution in [0.4, 0.5) is 4.79 Å². The van der Waals surface area contributed by atoms with Gasteiger partial charge in [-0.2, -0.15) is 0 Å². The molecule has 5 aliphatic rings. The van der Waals surface area contributed by atoms with E-state index < -0.39 is 0 Å². The smallest absolute Gasteiger partial charge is 0.407 e. The van der Waals surface area contributed by atoms with E-state index in [4.69, 9.17) is 25.7 Å². The van der Waals surface area contributed by atoms with Gasteiger partial charge in [0.15, 0.2) is 6.29 Å². The highest BCUT2D eigenvalue weighted by Crippen LogP contribution is 2.67. The Hall–Kier alpha value is -1.15. The average Bonchev–Trinajstić information content (AvgIpc) is 3.35. The van der Waals surface area contributed by atoms with Crippen molar-refractivity contribution in [1.29, 1.82) is 0 Å². The maximum absolute atomic E-state index is 12.7. The van der Waals surface area contributed by atoms with Crippen molar-refractivity contribution in [2.75, 3.05) is 19.7 Å². The van der Waals surface area contributed by atoms with Gasteiger partial charge < -0.3 is 31.0 Å². The SMILES string of the molecule is CC(C)CCCC(C)C1CCC2C3CC=C4CC(OC(=O)NCCCOC5CCC(N)C(CN)O5)CCC4(C)C3CCC12C. The Morgan fingerprint density at radius 2 is 1.86 bits per heavy atom. The third kappa shape index (κ3) is 7.37. The highest BCUT2D eigenvalue weighted by molar-refractivity contribution is 5.67. The molecule has 4 fully saturated rings. The molecule has 1 heterocycles. The van der Waals surface area contributed by atoms with Crippen LogP contribution in [-0.4, -0.2) is 50.3 Å². The highest BCUT2D eigenvalue weighted by Gasteiger charge is 2.59. The van der Waals surface area contributed by atoms with Crippen LogP contribution < -0.4 is 16.8 Å². The molecule has 0 radical (unpaired) electrons. The van der Waals surface area contributed by atoms with Gasteiger partial charge in [-0.15, -0.1) is 0 Å². The van der Waals surface area contributed by atoms with Crippen molar-refractivity contribution in [1.82, 2.24) is 5.32 Å². The minimum absolute atomic E-state index is 0.0173. The molecule has 4 aliphatic carbocycles. The van der Waals surface area contributed by atoms with Crippen LogP contribution in [0.25, 0.3) is 0 Å². The number of rotatable bonds is 12. The summed E-state index contributed by atoms with van der Waals surface area (Å²) in [6.07, 6.45) is 18.3. The molecule has 1 saturated heterocycles. The first-order valence-electron chi connectivity index (χ1n) is 18.4. The van der Waals surface area contributed by atoms with Crippen LogP contribution in [0.15, 0.2) is 11.6 Å². The summed E-state index contributed by atoms with van der Waals surface area (Å²) in [6.45, 7) is 14.0. The van der Waals surface area contributed by atoms with Gasteiger partial charge in [-0.3, -0.25) is 0 Å². The topological polar surface area (TPSA) is 109 Å². The third-order valence-corrected chi connectivity index (χ3v) is 13.2. The van der Waals surface area contributed by atoms with Crippen LogP contribution in [0.3, 0.4) is 0 Å². The van der Waals surface area contributed by atoms with E-state index in [0.717, 1.165) is 67.6 Å². The summed E-state index contributed by atoms with van der Waals surface area (Å²) in [6, 6.07) is -0.0173. The van der Waals surface area contributed by atoms with Gasteiger partial charge in [-0.1, -0.05) is 65.5 Å². The van der Waals surface area contributed by atoms with E-state index >= 15 is 0 Å². The molecule has 7 nitrogen and oxygen atoms in total. The van der Waals surface area contributed by atoms with E-state index in [9.17, 15) is 4.79 Å². The van der Waals surface area contributed by atoms with E-state index in [1.54, 1.807) is 5.57 Å². The Labute approximate surface area is 268 Å². The van der Waals surface area contributed by atoms with E-state index in [1.165, 1.54) is 51.4 Å². The molecular formula is C37H65N3O4. The molecule has 1 amide bonds. The van der Waals surface area contributed by atoms with E-state index in [-0.39, 0.29) is 36.0 Å². The van der Waals surface area contributed by atoms with Crippen LogP contribution in [0.2, 0.25) is 0 Å². The van der Waals surface area contributed by atoms with Crippen LogP contribution in [0.1, 0.15) is 125 Å². The van der Waals surface area contributed by atoms with Crippen LogP contribution >= 0.6 is 0 Å². The number of fused-ring (bicyclic) bond motifs is 5. The summed E-state index contributed by atoms with van der Waals surface area (Å²) in [5.41, 5.74) is 14.1. The fourth-order valence-corrected chi connectivity index (χ4v) is 10.7. The van der Waals surface area contributed by atoms with Crippen LogP contribution in [0, 0.1) is 46.3 Å². The Kier molecular flexibility index (Phi) is 11.4. The van der Waals surface area contributed by atoms with Crippen molar-refractivity contribution in [3.8, 4) is 0 Å². The zero-order chi connectivity index (χ0) is 31.5. The summed E-state index contributed by atoms with van der Waals surface area (Å²) < 4.78 is 17.6. The van der Waals surface area contributed by atoms with Crippen molar-refractivity contribution in [3.63, 3.8) is 0 Å². The number of carbonyl (C=O) groups excluding carboxylic acids is 1. The molecule has 1 aliphatic heterocycles. The Morgan fingerprint density at radius 1 is 1.05 bits per heavy atom. The number of hydrogen-bond donors (Lipinski definition) is 3. The second-order valence-electron chi connectivity index (χ2n) is 16.3. The van der Waals surface area contributed by atoms with Crippen molar-refractivity contribution in [2.24, 2.45) is 57.8 Å². The van der Waals surface area contributed by atoms with Gasteiger partial charge >= 0.3 is 6.09 Å². The summed E-state index contributed by atoms with van der Waals surface area (Å²) in [4.78, 5) is 12.7. The zero-order valence-electron chi connectivity index (χ0n) is 28.7.